The molecule has 3 aliphatic rings. The van der Waals surface area contributed by atoms with Crippen LogP contribution in [-0.2, 0) is 17.6 Å². The van der Waals surface area contributed by atoms with Crippen LogP contribution in [-0.4, -0.2) is 45.6 Å². The van der Waals surface area contributed by atoms with Crippen molar-refractivity contribution in [2.24, 2.45) is 0 Å². The Hall–Kier alpha value is -4.74. The maximum atomic E-state index is 14.0. The van der Waals surface area contributed by atoms with Crippen LogP contribution in [0.4, 0.5) is 4.39 Å². The van der Waals surface area contributed by atoms with E-state index in [2.05, 4.69) is 15.5 Å². The van der Waals surface area contributed by atoms with E-state index in [0.29, 0.717) is 53.3 Å². The third-order valence-electron chi connectivity index (χ3n) is 9.48. The lowest BCUT2D eigenvalue weighted by Crippen LogP contribution is -2.26. The van der Waals surface area contributed by atoms with Crippen molar-refractivity contribution in [1.29, 1.82) is 0 Å². The first-order valence-electron chi connectivity index (χ1n) is 15.8. The van der Waals surface area contributed by atoms with E-state index < -0.39 is 0 Å². The second-order valence-corrected chi connectivity index (χ2v) is 13.3. The minimum atomic E-state index is -0.290. The second kappa shape index (κ2) is 11.8. The topological polar surface area (TPSA) is 110 Å². The number of carbonyl (C=O) groups excluding carboxylic acids is 2. The van der Waals surface area contributed by atoms with Gasteiger partial charge in [-0.25, -0.2) is 4.39 Å². The molecule has 8 rings (SSSR count). The van der Waals surface area contributed by atoms with Gasteiger partial charge in [-0.05, 0) is 66.6 Å². The Morgan fingerprint density at radius 3 is 2.62 bits per heavy atom. The molecule has 238 valence electrons. The zero-order valence-electron chi connectivity index (χ0n) is 26.0. The van der Waals surface area contributed by atoms with Crippen LogP contribution in [0.2, 0.25) is 0 Å². The third-order valence-corrected chi connectivity index (χ3v) is 10.6. The Kier molecular flexibility index (Phi) is 7.45. The summed E-state index contributed by atoms with van der Waals surface area (Å²) < 4.78 is 25.3. The van der Waals surface area contributed by atoms with Crippen molar-refractivity contribution in [1.82, 2.24) is 25.4 Å². The summed E-state index contributed by atoms with van der Waals surface area (Å²) in [5, 5.41) is 11.7. The zero-order valence-corrected chi connectivity index (χ0v) is 26.8. The van der Waals surface area contributed by atoms with E-state index >= 15 is 0 Å². The average molecular weight is 650 g/mol. The summed E-state index contributed by atoms with van der Waals surface area (Å²) in [4.78, 5) is 36.1. The Morgan fingerprint density at radius 1 is 1.04 bits per heavy atom. The van der Waals surface area contributed by atoms with E-state index in [4.69, 9.17) is 14.1 Å². The van der Waals surface area contributed by atoms with E-state index in [1.807, 2.05) is 35.2 Å². The molecule has 0 spiro atoms. The van der Waals surface area contributed by atoms with Gasteiger partial charge < -0.3 is 19.4 Å². The molecule has 9 nitrogen and oxygen atoms in total. The molecule has 1 fully saturated rings. The van der Waals surface area contributed by atoms with Crippen LogP contribution in [0.1, 0.15) is 91.4 Å². The van der Waals surface area contributed by atoms with Crippen LogP contribution in [0.3, 0.4) is 0 Å². The molecular weight excluding hydrogens is 617 g/mol. The van der Waals surface area contributed by atoms with Gasteiger partial charge in [0.1, 0.15) is 5.82 Å². The first-order valence-corrected chi connectivity index (χ1v) is 16.7. The van der Waals surface area contributed by atoms with E-state index in [9.17, 15) is 14.0 Å². The number of ether oxygens (including phenoxy) is 1. The number of aromatic nitrogens is 3. The number of methoxy groups -OCH3 is 1. The summed E-state index contributed by atoms with van der Waals surface area (Å²) >= 11 is 1.33. The molecule has 5 heterocycles. The Labute approximate surface area is 274 Å². The molecule has 2 aromatic carbocycles. The molecule has 3 aromatic heterocycles. The molecule has 1 N–H and O–H groups in total. The number of benzene rings is 2. The van der Waals surface area contributed by atoms with Gasteiger partial charge in [0, 0.05) is 37.4 Å². The molecule has 2 aliphatic heterocycles. The monoisotopic (exact) mass is 649 g/mol. The largest absolute Gasteiger partial charge is 0.421 e. The first-order chi connectivity index (χ1) is 22.9. The highest BCUT2D eigenvalue weighted by Gasteiger charge is 2.45. The number of halogens is 1. The highest BCUT2D eigenvalue weighted by atomic mass is 32.1. The number of rotatable bonds is 8. The molecule has 1 saturated heterocycles. The minimum absolute atomic E-state index is 0.0693. The van der Waals surface area contributed by atoms with Crippen molar-refractivity contribution in [3.05, 3.63) is 111 Å². The lowest BCUT2D eigenvalue weighted by molar-refractivity contribution is 0.0775. The van der Waals surface area contributed by atoms with Gasteiger partial charge in [-0.3, -0.25) is 14.6 Å². The minimum Gasteiger partial charge on any atom is -0.421 e. The van der Waals surface area contributed by atoms with Gasteiger partial charge in [-0.15, -0.1) is 21.5 Å². The van der Waals surface area contributed by atoms with E-state index in [1.165, 1.54) is 23.5 Å². The SMILES string of the molecule is CO[C@H]1C[C@@H](NC(=O)c2ccc(-c3c4c(nc(CCc5ccc(F)cc5)c3-c3nnc(C)o3)[C@@H]3CCCN3C4=O)s2)c2ccccc21. The number of fused-ring (bicyclic) bond motifs is 4. The summed E-state index contributed by atoms with van der Waals surface area (Å²) in [7, 11) is 1.69. The van der Waals surface area contributed by atoms with Crippen LogP contribution in [0, 0.1) is 12.7 Å². The number of thiophene rings is 1. The van der Waals surface area contributed by atoms with Gasteiger partial charge in [0.15, 0.2) is 0 Å². The molecule has 5 aromatic rings. The normalized spacial score (nSPS) is 19.6. The van der Waals surface area contributed by atoms with Gasteiger partial charge in [0.25, 0.3) is 11.8 Å². The van der Waals surface area contributed by atoms with Crippen molar-refractivity contribution in [2.45, 2.75) is 57.2 Å². The average Bonchev–Trinajstić information content (AvgIpc) is 3.92. The fourth-order valence-electron chi connectivity index (χ4n) is 7.29. The Morgan fingerprint density at radius 2 is 1.85 bits per heavy atom. The van der Waals surface area contributed by atoms with Crippen LogP contribution in [0.15, 0.2) is 65.1 Å². The smallest absolute Gasteiger partial charge is 0.261 e. The number of carbonyl (C=O) groups is 2. The zero-order chi connectivity index (χ0) is 32.2. The molecular formula is C36H32FN5O4S. The lowest BCUT2D eigenvalue weighted by atomic mass is 9.93. The molecule has 0 bridgehead atoms. The maximum Gasteiger partial charge on any atom is 0.261 e. The quantitative estimate of drug-likeness (QED) is 0.194. The van der Waals surface area contributed by atoms with Gasteiger partial charge in [-0.1, -0.05) is 36.4 Å². The Balaban J connectivity index is 1.21. The van der Waals surface area contributed by atoms with Crippen LogP contribution in [0.25, 0.3) is 21.9 Å². The molecule has 2 amide bonds. The van der Waals surface area contributed by atoms with Crippen LogP contribution >= 0.6 is 11.3 Å². The van der Waals surface area contributed by atoms with E-state index in [1.54, 1.807) is 32.2 Å². The van der Waals surface area contributed by atoms with Gasteiger partial charge in [0.2, 0.25) is 11.8 Å². The number of hydrogen-bond acceptors (Lipinski definition) is 8. The fraction of sp³-hybridized carbons (Fsp3) is 0.306. The number of nitrogens with zero attached hydrogens (tertiary/aromatic N) is 4. The first kappa shape index (κ1) is 29.6. The summed E-state index contributed by atoms with van der Waals surface area (Å²) in [6.07, 6.45) is 3.43. The van der Waals surface area contributed by atoms with Crippen molar-refractivity contribution in [3.63, 3.8) is 0 Å². The number of amides is 2. The maximum absolute atomic E-state index is 14.0. The number of nitrogens with one attached hydrogen (secondary N) is 1. The molecule has 0 saturated carbocycles. The number of aryl methyl sites for hydroxylation is 3. The Bertz CT molecular complexity index is 2020. The molecule has 0 unspecified atom stereocenters. The number of hydrogen-bond donors (Lipinski definition) is 1. The van der Waals surface area contributed by atoms with Crippen molar-refractivity contribution >= 4 is 23.2 Å². The fourth-order valence-corrected chi connectivity index (χ4v) is 8.26. The molecule has 1 aliphatic carbocycles. The predicted molar refractivity (Wildman–Crippen MR) is 173 cm³/mol. The highest BCUT2D eigenvalue weighted by molar-refractivity contribution is 7.17. The standard InChI is InChI=1S/C36H32FN5O4S/c1-19-40-41-35(46-19)30-24(14-11-20-9-12-21(37)13-10-20)38-33-26-8-5-17-42(26)36(44)32(33)31(30)28-15-16-29(47-28)34(43)39-25-18-27(45-2)23-7-4-3-6-22(23)25/h3-4,6-7,9-10,12-13,15-16,25-27H,5,8,11,14,17-18H2,1-2H3,(H,39,43)/t25-,26+,27+/m1/s1. The second-order valence-electron chi connectivity index (χ2n) is 12.3. The lowest BCUT2D eigenvalue weighted by Gasteiger charge is -2.16. The molecule has 0 radical (unpaired) electrons. The molecule has 11 heteroatoms. The predicted octanol–water partition coefficient (Wildman–Crippen LogP) is 6.95. The molecule has 47 heavy (non-hydrogen) atoms. The van der Waals surface area contributed by atoms with Gasteiger partial charge >= 0.3 is 0 Å². The van der Waals surface area contributed by atoms with Crippen LogP contribution < -0.4 is 5.32 Å². The van der Waals surface area contributed by atoms with Gasteiger partial charge in [0.05, 0.1) is 45.6 Å². The van der Waals surface area contributed by atoms with E-state index in [0.717, 1.165) is 45.8 Å². The highest BCUT2D eigenvalue weighted by Crippen LogP contribution is 2.49. The summed E-state index contributed by atoms with van der Waals surface area (Å²) in [6.45, 7) is 2.39. The summed E-state index contributed by atoms with van der Waals surface area (Å²) in [5.74, 6) is 0.110. The van der Waals surface area contributed by atoms with E-state index in [-0.39, 0.29) is 41.7 Å². The number of pyridine rings is 1. The van der Waals surface area contributed by atoms with Crippen molar-refractivity contribution < 1.29 is 23.1 Å². The van der Waals surface area contributed by atoms with Crippen LogP contribution in [0.5, 0.6) is 0 Å². The third kappa shape index (κ3) is 5.14. The van der Waals surface area contributed by atoms with Crippen molar-refractivity contribution in [3.8, 4) is 21.9 Å². The summed E-state index contributed by atoms with van der Waals surface area (Å²) in [5.41, 5.74) is 6.39. The van der Waals surface area contributed by atoms with Crippen molar-refractivity contribution in [2.75, 3.05) is 13.7 Å². The van der Waals surface area contributed by atoms with Gasteiger partial charge in [-0.2, -0.15) is 0 Å². The summed E-state index contributed by atoms with van der Waals surface area (Å²) in [6, 6.07) is 17.9. The molecule has 3 atom stereocenters.